The summed E-state index contributed by atoms with van der Waals surface area (Å²) in [5, 5.41) is 2.49. The van der Waals surface area contributed by atoms with Crippen LogP contribution in [0.25, 0.3) is 83.1 Å². The van der Waals surface area contributed by atoms with Gasteiger partial charge >= 0.3 is 0 Å². The molecule has 1 spiro atoms. The number of benzene rings is 18. The maximum absolute atomic E-state index is 6.66. The van der Waals surface area contributed by atoms with E-state index < -0.39 is 10.8 Å². The highest BCUT2D eigenvalue weighted by atomic mass is 16.5. The summed E-state index contributed by atoms with van der Waals surface area (Å²) in [6.45, 7) is 0. The number of ether oxygens (including phenoxy) is 2. The van der Waals surface area contributed by atoms with Crippen molar-refractivity contribution in [1.82, 2.24) is 4.57 Å². The minimum atomic E-state index is -0.608. The Hall–Kier alpha value is -15.0. The number of fused-ring (bicyclic) bond motifs is 14. The molecular formula is C112H87N3O2. The third-order valence-electron chi connectivity index (χ3n) is 23.5. The van der Waals surface area contributed by atoms with Gasteiger partial charge in [0.2, 0.25) is 0 Å². The predicted octanol–water partition coefficient (Wildman–Crippen LogP) is 30.8. The number of nitrogens with zero attached hydrogens (tertiary/aromatic N) is 3. The highest BCUT2D eigenvalue weighted by Crippen LogP contribution is 2.63. The lowest BCUT2D eigenvalue weighted by molar-refractivity contribution is 0.434. The monoisotopic (exact) mass is 1510 g/mol. The number of hydrogen-bond acceptors (Lipinski definition) is 4. The van der Waals surface area contributed by atoms with Gasteiger partial charge in [0.05, 0.1) is 21.9 Å². The minimum absolute atomic E-state index is 0. The van der Waals surface area contributed by atoms with E-state index in [2.05, 4.69) is 469 Å². The summed E-state index contributed by atoms with van der Waals surface area (Å²) in [4.78, 5) is 4.77. The van der Waals surface area contributed by atoms with Gasteiger partial charge < -0.3 is 23.8 Å². The third kappa shape index (κ3) is 12.3. The Balaban J connectivity index is 0.000000169. The van der Waals surface area contributed by atoms with E-state index in [0.717, 1.165) is 85.1 Å². The van der Waals surface area contributed by atoms with Crippen LogP contribution in [0.3, 0.4) is 0 Å². The molecule has 5 heteroatoms. The van der Waals surface area contributed by atoms with Crippen LogP contribution in [0.1, 0.15) is 62.2 Å². The van der Waals surface area contributed by atoms with E-state index in [1.807, 2.05) is 0 Å². The fraction of sp³-hybridized carbons (Fsp3) is 0.0357. The van der Waals surface area contributed by atoms with Gasteiger partial charge in [-0.3, -0.25) is 0 Å². The Kier molecular flexibility index (Phi) is 18.8. The standard InChI is InChI=1S/C61H40N2O.C49H35NO.2CH4.2H2/c1-3-15-41(16-4-1)42-27-32-46(33-28-42)62(47-34-29-43(30-35-47)44-31-38-58-52(39-44)51-20-8-12-24-57(51)63(58)45-17-5-2-6-18-45)48-36-37-50-49-19-7-9-21-53(49)61(56(50)40-48)54-22-10-13-25-59(54)64-60-26-14-11-23-55(60)61;1-4-15-36(16-5-1)38-27-31-42(32-28-38)50(43-33-29-39(30-34-43)37-17-6-2-7-18-37)44-22-14-21-41(35-44)49(40-19-8-3-9-20-40)45-23-10-12-25-47(45)51-48-26-13-11-24-46(48)49;;;;/h1-40H;1-35H;2*1H4;2*1H. The van der Waals surface area contributed by atoms with Crippen LogP contribution >= 0.6 is 0 Å². The smallest absolute Gasteiger partial charge is 0.132 e. The molecule has 117 heavy (non-hydrogen) atoms. The molecule has 1 aromatic heterocycles. The SMILES string of the molecule is C.C.[HH].[HH].c1ccc(-c2ccc(N(c3ccc(-c4ccc5c(c4)c4ccccc4n5-c4ccccc4)cc3)c3ccc4c(c3)C3(c5ccccc5Oc5ccccc53)c3ccccc3-4)cc2)cc1.c1ccc(-c2ccc(N(c3ccc(-c4ccccc4)cc3)c3cccc(C4(c5ccccc5)c5ccccc5Oc5ccccc54)c3)cc2)cc1. The largest absolute Gasteiger partial charge is 0.457 e. The average Bonchev–Trinajstić information content (AvgIpc) is 1.56. The first-order chi connectivity index (χ1) is 57.0. The predicted molar refractivity (Wildman–Crippen MR) is 492 cm³/mol. The van der Waals surface area contributed by atoms with Crippen LogP contribution in [0.15, 0.2) is 455 Å². The summed E-state index contributed by atoms with van der Waals surface area (Å²) >= 11 is 0. The number of aromatic nitrogens is 1. The summed E-state index contributed by atoms with van der Waals surface area (Å²) in [7, 11) is 0. The van der Waals surface area contributed by atoms with Crippen molar-refractivity contribution in [2.75, 3.05) is 9.80 Å². The lowest BCUT2D eigenvalue weighted by atomic mass is 9.63. The Bertz CT molecular complexity index is 6650. The molecular weight excluding hydrogens is 1420 g/mol. The zero-order valence-electron chi connectivity index (χ0n) is 63.0. The molecule has 22 rings (SSSR count). The van der Waals surface area contributed by atoms with Gasteiger partial charge in [0.15, 0.2) is 0 Å². The van der Waals surface area contributed by atoms with Crippen LogP contribution < -0.4 is 19.3 Å². The summed E-state index contributed by atoms with van der Waals surface area (Å²) < 4.78 is 15.6. The first-order valence-corrected chi connectivity index (χ1v) is 39.4. The fourth-order valence-electron chi connectivity index (χ4n) is 18.3. The van der Waals surface area contributed by atoms with Gasteiger partial charge in [0, 0.05) is 75.7 Å². The first-order valence-electron chi connectivity index (χ1n) is 39.4. The molecule has 0 bridgehead atoms. The summed E-state index contributed by atoms with van der Waals surface area (Å²) in [6.07, 6.45) is 0. The molecule has 0 N–H and O–H groups in total. The number of rotatable bonds is 13. The van der Waals surface area contributed by atoms with Crippen molar-refractivity contribution >= 4 is 55.9 Å². The van der Waals surface area contributed by atoms with Gasteiger partial charge in [-0.25, -0.2) is 0 Å². The van der Waals surface area contributed by atoms with Crippen molar-refractivity contribution in [1.29, 1.82) is 0 Å². The van der Waals surface area contributed by atoms with E-state index >= 15 is 0 Å². The highest BCUT2D eigenvalue weighted by molar-refractivity contribution is 6.10. The van der Waals surface area contributed by atoms with Gasteiger partial charge in [0.25, 0.3) is 0 Å². The lowest BCUT2D eigenvalue weighted by Gasteiger charge is -2.42. The molecule has 0 saturated heterocycles. The number of anilines is 6. The van der Waals surface area contributed by atoms with Crippen molar-refractivity contribution < 1.29 is 12.3 Å². The maximum atomic E-state index is 6.66. The van der Waals surface area contributed by atoms with Crippen LogP contribution in [0.2, 0.25) is 0 Å². The molecule has 0 radical (unpaired) electrons. The molecule has 18 aromatic carbocycles. The summed E-state index contributed by atoms with van der Waals surface area (Å²) in [5.74, 6) is 3.52. The number of para-hydroxylation sites is 6. The zero-order valence-corrected chi connectivity index (χ0v) is 63.0. The van der Waals surface area contributed by atoms with E-state index in [9.17, 15) is 0 Å². The summed E-state index contributed by atoms with van der Waals surface area (Å²) in [5.41, 5.74) is 30.3. The van der Waals surface area contributed by atoms with Crippen molar-refractivity contribution in [3.8, 4) is 84.3 Å². The fourth-order valence-corrected chi connectivity index (χ4v) is 18.3. The maximum Gasteiger partial charge on any atom is 0.132 e. The van der Waals surface area contributed by atoms with Gasteiger partial charge in [-0.2, -0.15) is 0 Å². The van der Waals surface area contributed by atoms with E-state index in [0.29, 0.717) is 0 Å². The molecule has 0 atom stereocenters. The Morgan fingerprint density at radius 3 is 1.02 bits per heavy atom. The van der Waals surface area contributed by atoms with Crippen LogP contribution in [0.5, 0.6) is 23.0 Å². The molecule has 0 unspecified atom stereocenters. The van der Waals surface area contributed by atoms with E-state index in [-0.39, 0.29) is 17.7 Å². The second-order valence-corrected chi connectivity index (χ2v) is 29.8. The second kappa shape index (κ2) is 30.5. The number of hydrogen-bond donors (Lipinski definition) is 0. The molecule has 3 aliphatic rings. The molecule has 19 aromatic rings. The molecule has 0 amide bonds. The molecule has 5 nitrogen and oxygen atoms in total. The molecule has 0 saturated carbocycles. The van der Waals surface area contributed by atoms with Crippen LogP contribution in [0.4, 0.5) is 34.1 Å². The molecule has 0 fully saturated rings. The molecule has 3 heterocycles. The summed E-state index contributed by atoms with van der Waals surface area (Å²) in [6, 6.07) is 164. The molecule has 2 aliphatic heterocycles. The van der Waals surface area contributed by atoms with Gasteiger partial charge in [-0.1, -0.05) is 342 Å². The zero-order chi connectivity index (χ0) is 76.2. The minimum Gasteiger partial charge on any atom is -0.457 e. The Morgan fingerprint density at radius 1 is 0.205 bits per heavy atom. The van der Waals surface area contributed by atoms with Crippen molar-refractivity contribution in [2.45, 2.75) is 25.7 Å². The van der Waals surface area contributed by atoms with Crippen molar-refractivity contribution in [3.05, 3.63) is 499 Å². The Labute approximate surface area is 687 Å². The van der Waals surface area contributed by atoms with Crippen LogP contribution in [-0.4, -0.2) is 4.57 Å². The third-order valence-corrected chi connectivity index (χ3v) is 23.5. The topological polar surface area (TPSA) is 29.9 Å². The Morgan fingerprint density at radius 2 is 0.538 bits per heavy atom. The lowest BCUT2D eigenvalue weighted by Crippen LogP contribution is -2.34. The first kappa shape index (κ1) is 72.2. The highest BCUT2D eigenvalue weighted by Gasteiger charge is 2.51. The van der Waals surface area contributed by atoms with E-state index in [4.69, 9.17) is 9.47 Å². The molecule has 562 valence electrons. The second-order valence-electron chi connectivity index (χ2n) is 29.8. The van der Waals surface area contributed by atoms with Crippen molar-refractivity contribution in [3.63, 3.8) is 0 Å². The van der Waals surface area contributed by atoms with E-state index in [1.54, 1.807) is 0 Å². The van der Waals surface area contributed by atoms with Gasteiger partial charge in [-0.05, 0) is 205 Å². The van der Waals surface area contributed by atoms with Gasteiger partial charge in [-0.15, -0.1) is 0 Å². The van der Waals surface area contributed by atoms with Crippen molar-refractivity contribution in [2.24, 2.45) is 0 Å². The van der Waals surface area contributed by atoms with Crippen LogP contribution in [0, 0.1) is 0 Å². The average molecular weight is 1510 g/mol. The molecule has 1 aliphatic carbocycles. The normalized spacial score (nSPS) is 12.6. The van der Waals surface area contributed by atoms with E-state index in [1.165, 1.54) is 99.7 Å². The quantitative estimate of drug-likeness (QED) is 0.115. The van der Waals surface area contributed by atoms with Gasteiger partial charge in [0.1, 0.15) is 23.0 Å². The van der Waals surface area contributed by atoms with Crippen LogP contribution in [-0.2, 0) is 10.8 Å².